The third-order valence-corrected chi connectivity index (χ3v) is 8.62. The van der Waals surface area contributed by atoms with Gasteiger partial charge in [0, 0.05) is 0 Å². The van der Waals surface area contributed by atoms with Gasteiger partial charge in [0.15, 0.2) is 17.7 Å². The molecule has 21 heteroatoms. The van der Waals surface area contributed by atoms with E-state index in [0.717, 1.165) is 6.33 Å². The van der Waals surface area contributed by atoms with Gasteiger partial charge in [-0.1, -0.05) is 12.2 Å². The predicted molar refractivity (Wildman–Crippen MR) is 102 cm³/mol. The number of aromatic nitrogens is 4. The van der Waals surface area contributed by atoms with Gasteiger partial charge in [0.25, 0.3) is 0 Å². The monoisotopic (exact) mass is 523 g/mol. The first-order chi connectivity index (χ1) is 14.2. The SMILES string of the molecule is Nc1ncnc2c1ncn2[C@@H]1O[C@H](COP(=O)(S)OP(=O)(O)OP(=O)(O)O)[C@@H](O)[C@H]1O. The van der Waals surface area contributed by atoms with Crippen LogP contribution in [-0.4, -0.2) is 69.3 Å². The highest BCUT2D eigenvalue weighted by atomic mass is 32.7. The molecule has 2 unspecified atom stereocenters. The number of rotatable bonds is 8. The molecule has 1 aliphatic heterocycles. The second-order valence-electron chi connectivity index (χ2n) is 6.02. The number of nitrogens with zero attached hydrogens (tertiary/aromatic N) is 4. The summed E-state index contributed by atoms with van der Waals surface area (Å²) in [7, 11) is -11.0. The van der Waals surface area contributed by atoms with Crippen LogP contribution in [0.4, 0.5) is 5.82 Å². The second kappa shape index (κ2) is 8.76. The molecule has 0 spiro atoms. The van der Waals surface area contributed by atoms with E-state index in [1.54, 1.807) is 0 Å². The van der Waals surface area contributed by atoms with Crippen LogP contribution < -0.4 is 5.73 Å². The normalized spacial score (nSPS) is 28.5. The van der Waals surface area contributed by atoms with Crippen molar-refractivity contribution >= 4 is 51.7 Å². The number of thiol groups is 1. The highest BCUT2D eigenvalue weighted by molar-refractivity contribution is 8.45. The molecule has 2 aromatic rings. The fraction of sp³-hybridized carbons (Fsp3) is 0.500. The van der Waals surface area contributed by atoms with Gasteiger partial charge in [-0.3, -0.25) is 9.09 Å². The van der Waals surface area contributed by atoms with Crippen LogP contribution in [0.5, 0.6) is 0 Å². The quantitative estimate of drug-likeness (QED) is 0.167. The molecular weight excluding hydrogens is 507 g/mol. The molecule has 1 fully saturated rings. The van der Waals surface area contributed by atoms with Crippen LogP contribution in [0.3, 0.4) is 0 Å². The standard InChI is InChI=1S/C10H16N5O12P3S/c11-8-5-9(13-2-12-8)15(3-14-5)10-7(17)6(16)4(25-10)1-24-30(23,31)27-29(21,22)26-28(18,19)20/h2-4,6-7,10,16-17H,1H2,(H,21,22)(H,23,31)(H2,11,12,13)(H2,18,19,20)/t4-,6-,7-,10-,30?/m1/s1. The molecule has 7 N–H and O–H groups in total. The molecule has 1 saturated heterocycles. The summed E-state index contributed by atoms with van der Waals surface area (Å²) >= 11 is 3.40. The first-order valence-electron chi connectivity index (χ1n) is 7.92. The third-order valence-electron chi connectivity index (χ3n) is 3.82. The molecule has 3 heterocycles. The molecule has 0 aliphatic carbocycles. The summed E-state index contributed by atoms with van der Waals surface area (Å²) in [5, 5.41) is 20.5. The average molecular weight is 523 g/mol. The van der Waals surface area contributed by atoms with Crippen LogP contribution >= 0.6 is 34.7 Å². The molecule has 0 aromatic carbocycles. The zero-order chi connectivity index (χ0) is 23.2. The maximum Gasteiger partial charge on any atom is 0.488 e. The molecular formula is C10H16N5O12P3S. The van der Waals surface area contributed by atoms with E-state index in [2.05, 4.69) is 35.8 Å². The Morgan fingerprint density at radius 2 is 1.81 bits per heavy atom. The van der Waals surface area contributed by atoms with Gasteiger partial charge in [0.05, 0.1) is 12.9 Å². The lowest BCUT2D eigenvalue weighted by atomic mass is 10.1. The third kappa shape index (κ3) is 5.89. The number of imidazole rings is 1. The molecule has 0 radical (unpaired) electrons. The number of ether oxygens (including phenoxy) is 1. The van der Waals surface area contributed by atoms with E-state index in [4.69, 9.17) is 24.8 Å². The Morgan fingerprint density at radius 3 is 2.45 bits per heavy atom. The van der Waals surface area contributed by atoms with Crippen molar-refractivity contribution < 1.29 is 56.5 Å². The largest absolute Gasteiger partial charge is 0.488 e. The van der Waals surface area contributed by atoms with Gasteiger partial charge in [0.2, 0.25) is 0 Å². The fourth-order valence-electron chi connectivity index (χ4n) is 2.62. The molecule has 31 heavy (non-hydrogen) atoms. The van der Waals surface area contributed by atoms with E-state index in [9.17, 15) is 28.8 Å². The van der Waals surface area contributed by atoms with E-state index >= 15 is 0 Å². The van der Waals surface area contributed by atoms with Gasteiger partial charge in [-0.05, 0) is 0 Å². The van der Waals surface area contributed by atoms with Gasteiger partial charge in [0.1, 0.15) is 30.2 Å². The molecule has 174 valence electrons. The molecule has 17 nitrogen and oxygen atoms in total. The summed E-state index contributed by atoms with van der Waals surface area (Å²) < 4.78 is 53.2. The van der Waals surface area contributed by atoms with Gasteiger partial charge in [-0.15, -0.1) is 0 Å². The number of hydrogen-bond acceptors (Lipinski definition) is 13. The van der Waals surface area contributed by atoms with E-state index in [1.807, 2.05) is 0 Å². The minimum atomic E-state index is -5.53. The van der Waals surface area contributed by atoms with Crippen LogP contribution in [0.25, 0.3) is 11.2 Å². The van der Waals surface area contributed by atoms with E-state index < -0.39 is 53.6 Å². The second-order valence-corrected chi connectivity index (χ2v) is 11.9. The summed E-state index contributed by atoms with van der Waals surface area (Å²) in [6.07, 6.45) is -3.33. The van der Waals surface area contributed by atoms with Crippen molar-refractivity contribution in [1.82, 2.24) is 19.5 Å². The number of nitrogen functional groups attached to an aromatic ring is 1. The summed E-state index contributed by atoms with van der Waals surface area (Å²) in [6.45, 7) is -5.52. The molecule has 3 rings (SSSR count). The first-order valence-corrected chi connectivity index (χ1v) is 13.6. The number of hydrogen-bond donors (Lipinski definition) is 7. The van der Waals surface area contributed by atoms with Crippen LogP contribution in [-0.2, 0) is 31.6 Å². The predicted octanol–water partition coefficient (Wildman–Crippen LogP) is -0.692. The smallest absolute Gasteiger partial charge is 0.387 e. The Bertz CT molecular complexity index is 1110. The molecule has 0 amide bonds. The van der Waals surface area contributed by atoms with Crippen molar-refractivity contribution in [2.24, 2.45) is 0 Å². The zero-order valence-corrected chi connectivity index (χ0v) is 18.5. The average Bonchev–Trinajstić information content (AvgIpc) is 3.13. The van der Waals surface area contributed by atoms with E-state index in [1.165, 1.54) is 10.9 Å². The summed E-state index contributed by atoms with van der Waals surface area (Å²) in [5.74, 6) is 0.0655. The number of aliphatic hydroxyl groups excluding tert-OH is 2. The summed E-state index contributed by atoms with van der Waals surface area (Å²) in [6, 6.07) is 0. The van der Waals surface area contributed by atoms with Crippen molar-refractivity contribution in [2.75, 3.05) is 12.3 Å². The van der Waals surface area contributed by atoms with Crippen molar-refractivity contribution in [3.05, 3.63) is 12.7 Å². The fourth-order valence-corrected chi connectivity index (χ4v) is 6.68. The first kappa shape index (κ1) is 24.7. The molecule has 0 saturated carbocycles. The number of anilines is 1. The van der Waals surface area contributed by atoms with Crippen LogP contribution in [0, 0.1) is 0 Å². The Morgan fingerprint density at radius 1 is 1.13 bits per heavy atom. The maximum absolute atomic E-state index is 12.1. The van der Waals surface area contributed by atoms with Crippen molar-refractivity contribution in [1.29, 1.82) is 0 Å². The van der Waals surface area contributed by atoms with E-state index in [-0.39, 0.29) is 17.0 Å². The van der Waals surface area contributed by atoms with Crippen LogP contribution in [0.2, 0.25) is 0 Å². The lowest BCUT2D eigenvalue weighted by molar-refractivity contribution is -0.0478. The van der Waals surface area contributed by atoms with Crippen molar-refractivity contribution in [3.8, 4) is 0 Å². The molecule has 0 bridgehead atoms. The zero-order valence-electron chi connectivity index (χ0n) is 14.9. The number of nitrogens with two attached hydrogens (primary N) is 1. The Balaban J connectivity index is 1.69. The van der Waals surface area contributed by atoms with Crippen molar-refractivity contribution in [2.45, 2.75) is 24.5 Å². The van der Waals surface area contributed by atoms with Crippen molar-refractivity contribution in [3.63, 3.8) is 0 Å². The van der Waals surface area contributed by atoms with Gasteiger partial charge in [-0.2, -0.15) is 8.62 Å². The Labute approximate surface area is 177 Å². The highest BCUT2D eigenvalue weighted by Gasteiger charge is 2.46. The van der Waals surface area contributed by atoms with Crippen LogP contribution in [0.1, 0.15) is 6.23 Å². The molecule has 6 atom stereocenters. The Kier molecular flexibility index (Phi) is 6.97. The molecule has 1 aliphatic rings. The maximum atomic E-state index is 12.1. The summed E-state index contributed by atoms with van der Waals surface area (Å²) in [5.41, 5.74) is 6.08. The van der Waals surface area contributed by atoms with E-state index in [0.29, 0.717) is 0 Å². The highest BCUT2D eigenvalue weighted by Crippen LogP contribution is 2.69. The number of phosphoric acid groups is 2. The minimum Gasteiger partial charge on any atom is -0.387 e. The van der Waals surface area contributed by atoms with Gasteiger partial charge in [-0.25, -0.2) is 28.6 Å². The van der Waals surface area contributed by atoms with Gasteiger partial charge >= 0.3 is 22.4 Å². The Hall–Kier alpha value is -0.970. The van der Waals surface area contributed by atoms with Crippen LogP contribution in [0.15, 0.2) is 12.7 Å². The lowest BCUT2D eigenvalue weighted by Gasteiger charge is -2.19. The number of aliphatic hydroxyl groups is 2. The van der Waals surface area contributed by atoms with Gasteiger partial charge < -0.3 is 35.4 Å². The summed E-state index contributed by atoms with van der Waals surface area (Å²) in [4.78, 5) is 38.1. The lowest BCUT2D eigenvalue weighted by Crippen LogP contribution is -2.33. The molecule has 2 aromatic heterocycles. The minimum absolute atomic E-state index is 0.0655. The number of fused-ring (bicyclic) bond motifs is 1. The topological polar surface area (TPSA) is 259 Å².